The molecule has 3 rings (SSSR count). The number of hydrogen-bond donors (Lipinski definition) is 0. The Kier molecular flexibility index (Phi) is 2.10. The molecule has 0 bridgehead atoms. The van der Waals surface area contributed by atoms with Gasteiger partial charge in [-0.1, -0.05) is 0 Å². The molecule has 0 N–H and O–H groups in total. The van der Waals surface area contributed by atoms with Gasteiger partial charge < -0.3 is 13.6 Å². The number of oxazole rings is 1. The van der Waals surface area contributed by atoms with Gasteiger partial charge >= 0.3 is 0 Å². The van der Waals surface area contributed by atoms with Gasteiger partial charge in [0.2, 0.25) is 4.67 Å². The highest BCUT2D eigenvalue weighted by Gasteiger charge is 2.33. The lowest BCUT2D eigenvalue weighted by molar-refractivity contribution is 0.325. The Morgan fingerprint density at radius 3 is 2.94 bits per heavy atom. The molecule has 0 spiro atoms. The molecule has 0 amide bonds. The van der Waals surface area contributed by atoms with Crippen molar-refractivity contribution in [3.63, 3.8) is 0 Å². The van der Waals surface area contributed by atoms with Gasteiger partial charge in [0, 0.05) is 12.5 Å². The summed E-state index contributed by atoms with van der Waals surface area (Å²) in [5.41, 5.74) is 1.97. The molecule has 84 valence electrons. The molecule has 5 heteroatoms. The van der Waals surface area contributed by atoms with Gasteiger partial charge in [-0.25, -0.2) is 4.98 Å². The quantitative estimate of drug-likeness (QED) is 0.807. The molecule has 4 nitrogen and oxygen atoms in total. The van der Waals surface area contributed by atoms with Gasteiger partial charge in [-0.3, -0.25) is 0 Å². The van der Waals surface area contributed by atoms with Crippen LogP contribution in [0, 0.1) is 13.8 Å². The molecule has 1 atom stereocenters. The van der Waals surface area contributed by atoms with Crippen molar-refractivity contribution in [1.29, 1.82) is 0 Å². The summed E-state index contributed by atoms with van der Waals surface area (Å²) in [7, 11) is 0. The molecule has 1 unspecified atom stereocenters. The second-order valence-electron chi connectivity index (χ2n) is 3.83. The molecule has 2 aromatic heterocycles. The fraction of sp³-hybridized carbons (Fsp3) is 0.364. The number of nitrogens with zero attached hydrogens (tertiary/aromatic N) is 1. The van der Waals surface area contributed by atoms with Gasteiger partial charge in [0.1, 0.15) is 12.4 Å². The Morgan fingerprint density at radius 1 is 1.44 bits per heavy atom. The average molecular weight is 284 g/mol. The van der Waals surface area contributed by atoms with Crippen molar-refractivity contribution in [2.75, 3.05) is 6.61 Å². The Hall–Kier alpha value is -1.23. The van der Waals surface area contributed by atoms with Gasteiger partial charge in [-0.2, -0.15) is 0 Å². The number of halogens is 1. The zero-order valence-corrected chi connectivity index (χ0v) is 10.5. The van der Waals surface area contributed by atoms with Crippen molar-refractivity contribution < 1.29 is 13.6 Å². The lowest BCUT2D eigenvalue weighted by Crippen LogP contribution is -2.04. The van der Waals surface area contributed by atoms with E-state index in [0.29, 0.717) is 17.2 Å². The van der Waals surface area contributed by atoms with Gasteiger partial charge in [0.05, 0.1) is 17.9 Å². The average Bonchev–Trinajstić information content (AvgIpc) is 2.85. The van der Waals surface area contributed by atoms with Gasteiger partial charge in [0.15, 0.2) is 11.6 Å². The Labute approximate surface area is 101 Å². The molecule has 2 aromatic rings. The summed E-state index contributed by atoms with van der Waals surface area (Å²) in [6.07, 6.45) is 1.71. The van der Waals surface area contributed by atoms with E-state index in [1.165, 1.54) is 0 Å². The summed E-state index contributed by atoms with van der Waals surface area (Å²) in [6, 6.07) is 0. The summed E-state index contributed by atoms with van der Waals surface area (Å²) < 4.78 is 16.9. The number of furan rings is 1. The summed E-state index contributed by atoms with van der Waals surface area (Å²) in [5.74, 6) is 2.42. The second kappa shape index (κ2) is 3.38. The number of rotatable bonds is 1. The largest absolute Gasteiger partial charge is 0.488 e. The normalized spacial score (nSPS) is 18.6. The van der Waals surface area contributed by atoms with E-state index in [9.17, 15) is 0 Å². The van der Waals surface area contributed by atoms with Gasteiger partial charge in [0.25, 0.3) is 0 Å². The molecule has 0 saturated carbocycles. The monoisotopic (exact) mass is 283 g/mol. The molecule has 0 aliphatic carbocycles. The predicted molar refractivity (Wildman–Crippen MR) is 59.7 cm³/mol. The van der Waals surface area contributed by atoms with Crippen LogP contribution in [0.25, 0.3) is 0 Å². The first-order chi connectivity index (χ1) is 7.66. The van der Waals surface area contributed by atoms with Gasteiger partial charge in [-0.05, 0) is 22.9 Å². The summed E-state index contributed by atoms with van der Waals surface area (Å²) >= 11 is 3.31. The number of fused-ring (bicyclic) bond motifs is 1. The smallest absolute Gasteiger partial charge is 0.211 e. The minimum Gasteiger partial charge on any atom is -0.488 e. The minimum absolute atomic E-state index is 0.113. The van der Waals surface area contributed by atoms with Crippen LogP contribution in [0.5, 0.6) is 5.75 Å². The molecule has 3 heterocycles. The summed E-state index contributed by atoms with van der Waals surface area (Å²) in [5, 5.41) is 0. The van der Waals surface area contributed by atoms with E-state index >= 15 is 0 Å². The van der Waals surface area contributed by atoms with E-state index in [-0.39, 0.29) is 5.92 Å². The Balaban J connectivity index is 2.07. The first-order valence-corrected chi connectivity index (χ1v) is 5.79. The third kappa shape index (κ3) is 1.31. The zero-order chi connectivity index (χ0) is 11.3. The van der Waals surface area contributed by atoms with Crippen LogP contribution in [0.1, 0.15) is 28.8 Å². The van der Waals surface area contributed by atoms with Crippen molar-refractivity contribution in [1.82, 2.24) is 4.98 Å². The van der Waals surface area contributed by atoms with Crippen molar-refractivity contribution >= 4 is 15.9 Å². The topological polar surface area (TPSA) is 48.4 Å². The van der Waals surface area contributed by atoms with E-state index in [1.807, 2.05) is 13.8 Å². The van der Waals surface area contributed by atoms with E-state index in [0.717, 1.165) is 22.8 Å². The highest BCUT2D eigenvalue weighted by atomic mass is 79.9. The predicted octanol–water partition coefficient (Wildman–Crippen LogP) is 3.17. The molecule has 1 aliphatic rings. The molecular formula is C11H10BrNO3. The Bertz CT molecular complexity index is 543. The fourth-order valence-electron chi connectivity index (χ4n) is 2.07. The molecule has 1 aliphatic heterocycles. The molecule has 0 aromatic carbocycles. The minimum atomic E-state index is 0.113. The number of ether oxygens (including phenoxy) is 1. The van der Waals surface area contributed by atoms with E-state index < -0.39 is 0 Å². The van der Waals surface area contributed by atoms with Crippen LogP contribution in [-0.2, 0) is 0 Å². The van der Waals surface area contributed by atoms with Crippen molar-refractivity contribution in [3.8, 4) is 5.75 Å². The first kappa shape index (κ1) is 9.96. The van der Waals surface area contributed by atoms with Crippen LogP contribution >= 0.6 is 15.9 Å². The second-order valence-corrected chi connectivity index (χ2v) is 4.55. The van der Waals surface area contributed by atoms with Crippen LogP contribution in [0.2, 0.25) is 0 Å². The maximum absolute atomic E-state index is 5.58. The lowest BCUT2D eigenvalue weighted by atomic mass is 10.00. The van der Waals surface area contributed by atoms with Crippen LogP contribution in [0.4, 0.5) is 0 Å². The summed E-state index contributed by atoms with van der Waals surface area (Å²) in [6.45, 7) is 4.35. The molecular weight excluding hydrogens is 274 g/mol. The van der Waals surface area contributed by atoms with Crippen LogP contribution in [0.3, 0.4) is 0 Å². The highest BCUT2D eigenvalue weighted by Crippen LogP contribution is 2.44. The van der Waals surface area contributed by atoms with E-state index in [4.69, 9.17) is 13.6 Å². The van der Waals surface area contributed by atoms with E-state index in [1.54, 1.807) is 6.26 Å². The highest BCUT2D eigenvalue weighted by molar-refractivity contribution is 9.10. The third-order valence-corrected chi connectivity index (χ3v) is 3.32. The first-order valence-electron chi connectivity index (χ1n) is 5.00. The van der Waals surface area contributed by atoms with Crippen molar-refractivity contribution in [2.24, 2.45) is 0 Å². The number of aryl methyl sites for hydroxylation is 2. The Morgan fingerprint density at radius 2 is 2.25 bits per heavy atom. The third-order valence-electron chi connectivity index (χ3n) is 2.77. The van der Waals surface area contributed by atoms with Crippen molar-refractivity contribution in [2.45, 2.75) is 19.8 Å². The lowest BCUT2D eigenvalue weighted by Gasteiger charge is -2.03. The maximum atomic E-state index is 5.58. The van der Waals surface area contributed by atoms with Crippen LogP contribution < -0.4 is 4.74 Å². The molecule has 16 heavy (non-hydrogen) atoms. The standard InChI is InChI=1S/C11H10BrNO3/c1-5-9(13-6(2)16-5)7-3-14-10-8(7)4-15-11(10)12/h4,7H,3H2,1-2H3. The molecule has 0 saturated heterocycles. The number of aromatic nitrogens is 1. The van der Waals surface area contributed by atoms with Crippen molar-refractivity contribution in [3.05, 3.63) is 33.8 Å². The zero-order valence-electron chi connectivity index (χ0n) is 8.91. The van der Waals surface area contributed by atoms with Crippen LogP contribution in [0.15, 0.2) is 19.8 Å². The number of hydrogen-bond acceptors (Lipinski definition) is 4. The van der Waals surface area contributed by atoms with E-state index in [2.05, 4.69) is 20.9 Å². The summed E-state index contributed by atoms with van der Waals surface area (Å²) in [4.78, 5) is 4.40. The van der Waals surface area contributed by atoms with Gasteiger partial charge in [-0.15, -0.1) is 0 Å². The van der Waals surface area contributed by atoms with Crippen LogP contribution in [-0.4, -0.2) is 11.6 Å². The SMILES string of the molecule is Cc1nc(C2COc3c2coc3Br)c(C)o1. The molecule has 0 radical (unpaired) electrons. The fourth-order valence-corrected chi connectivity index (χ4v) is 2.50. The molecule has 0 fully saturated rings. The maximum Gasteiger partial charge on any atom is 0.211 e.